The fourth-order valence-corrected chi connectivity index (χ4v) is 3.26. The van der Waals surface area contributed by atoms with Gasteiger partial charge in [-0.2, -0.15) is 0 Å². The number of fused-ring (bicyclic) bond motifs is 3. The van der Waals surface area contributed by atoms with Crippen LogP contribution in [0.1, 0.15) is 38.7 Å². The fourth-order valence-electron chi connectivity index (χ4n) is 3.26. The largest absolute Gasteiger partial charge is 0.493 e. The molecule has 0 radical (unpaired) electrons. The average molecular weight is 353 g/mol. The number of nitrogens with two attached hydrogens (primary N) is 1. The lowest BCUT2D eigenvalue weighted by Gasteiger charge is -2.24. The van der Waals surface area contributed by atoms with E-state index in [1.165, 1.54) is 0 Å². The Morgan fingerprint density at radius 3 is 2.88 bits per heavy atom. The molecule has 6 nitrogen and oxygen atoms in total. The average Bonchev–Trinajstić information content (AvgIpc) is 3.28. The van der Waals surface area contributed by atoms with Crippen LogP contribution in [0.25, 0.3) is 0 Å². The van der Waals surface area contributed by atoms with Crippen LogP contribution in [0.4, 0.5) is 5.69 Å². The zero-order chi connectivity index (χ0) is 18.5. The Hall–Kier alpha value is -2.60. The van der Waals surface area contributed by atoms with E-state index in [1.807, 2.05) is 18.2 Å². The summed E-state index contributed by atoms with van der Waals surface area (Å²) in [5, 5.41) is 2.74. The molecule has 2 heterocycles. The SMILES string of the molecule is CC(C)(N)C(=O)Nc1ccc(Oc2cccc3c2C2CC2(C)CO3)nc1. The van der Waals surface area contributed by atoms with Crippen molar-refractivity contribution in [2.24, 2.45) is 11.1 Å². The number of pyridine rings is 1. The Balaban J connectivity index is 1.52. The molecule has 2 atom stereocenters. The van der Waals surface area contributed by atoms with Crippen LogP contribution >= 0.6 is 0 Å². The van der Waals surface area contributed by atoms with E-state index in [9.17, 15) is 4.79 Å². The number of hydrogen-bond acceptors (Lipinski definition) is 5. The number of amides is 1. The molecule has 26 heavy (non-hydrogen) atoms. The molecule has 136 valence electrons. The smallest absolute Gasteiger partial charge is 0.243 e. The van der Waals surface area contributed by atoms with Crippen molar-refractivity contribution in [3.05, 3.63) is 42.1 Å². The van der Waals surface area contributed by atoms with Gasteiger partial charge in [-0.25, -0.2) is 4.98 Å². The highest BCUT2D eigenvalue weighted by molar-refractivity contribution is 5.97. The zero-order valence-electron chi connectivity index (χ0n) is 15.2. The van der Waals surface area contributed by atoms with Crippen LogP contribution in [0, 0.1) is 5.41 Å². The maximum atomic E-state index is 11.9. The molecule has 1 amide bonds. The fraction of sp³-hybridized carbons (Fsp3) is 0.400. The number of aromatic nitrogens is 1. The number of anilines is 1. The maximum absolute atomic E-state index is 11.9. The second-order valence-electron chi connectivity index (χ2n) is 8.03. The van der Waals surface area contributed by atoms with Crippen LogP contribution in [0.5, 0.6) is 17.4 Å². The van der Waals surface area contributed by atoms with Crippen LogP contribution in [-0.2, 0) is 4.79 Å². The molecule has 1 aromatic heterocycles. The predicted molar refractivity (Wildman–Crippen MR) is 98.6 cm³/mol. The Morgan fingerprint density at radius 2 is 2.19 bits per heavy atom. The van der Waals surface area contributed by atoms with Gasteiger partial charge in [-0.15, -0.1) is 0 Å². The van der Waals surface area contributed by atoms with Crippen molar-refractivity contribution in [2.75, 3.05) is 11.9 Å². The summed E-state index contributed by atoms with van der Waals surface area (Å²) in [6, 6.07) is 9.34. The normalized spacial score (nSPS) is 23.3. The summed E-state index contributed by atoms with van der Waals surface area (Å²) in [4.78, 5) is 16.2. The van der Waals surface area contributed by atoms with E-state index in [0.29, 0.717) is 17.5 Å². The van der Waals surface area contributed by atoms with Crippen molar-refractivity contribution in [1.29, 1.82) is 0 Å². The number of ether oxygens (including phenoxy) is 2. The number of carbonyl (C=O) groups excluding carboxylic acids is 1. The molecule has 3 N–H and O–H groups in total. The van der Waals surface area contributed by atoms with E-state index >= 15 is 0 Å². The van der Waals surface area contributed by atoms with Crippen molar-refractivity contribution in [2.45, 2.75) is 38.6 Å². The van der Waals surface area contributed by atoms with Gasteiger partial charge in [-0.1, -0.05) is 13.0 Å². The lowest BCUT2D eigenvalue weighted by molar-refractivity contribution is -0.120. The van der Waals surface area contributed by atoms with Crippen molar-refractivity contribution in [3.63, 3.8) is 0 Å². The number of hydrogen-bond donors (Lipinski definition) is 2. The van der Waals surface area contributed by atoms with Gasteiger partial charge in [0.05, 0.1) is 24.0 Å². The quantitative estimate of drug-likeness (QED) is 0.879. The van der Waals surface area contributed by atoms with Gasteiger partial charge in [0.25, 0.3) is 0 Å². The van der Waals surface area contributed by atoms with Gasteiger partial charge >= 0.3 is 0 Å². The summed E-state index contributed by atoms with van der Waals surface area (Å²) in [5.74, 6) is 2.36. The van der Waals surface area contributed by atoms with Crippen LogP contribution in [0.15, 0.2) is 36.5 Å². The van der Waals surface area contributed by atoms with Crippen molar-refractivity contribution in [3.8, 4) is 17.4 Å². The van der Waals surface area contributed by atoms with E-state index < -0.39 is 5.54 Å². The molecule has 2 aromatic rings. The molecular weight excluding hydrogens is 330 g/mol. The van der Waals surface area contributed by atoms with Gasteiger partial charge in [0, 0.05) is 23.0 Å². The van der Waals surface area contributed by atoms with Gasteiger partial charge < -0.3 is 20.5 Å². The minimum absolute atomic E-state index is 0.225. The Morgan fingerprint density at radius 1 is 1.38 bits per heavy atom. The Labute approximate surface area is 152 Å². The second-order valence-corrected chi connectivity index (χ2v) is 8.03. The molecule has 0 spiro atoms. The maximum Gasteiger partial charge on any atom is 0.243 e. The van der Waals surface area contributed by atoms with Crippen molar-refractivity contribution < 1.29 is 14.3 Å². The standard InChI is InChI=1S/C20H23N3O3/c1-19(2,21)18(24)23-12-7-8-16(22-10-12)26-15-6-4-5-14-17(15)13-9-20(13,3)11-25-14/h4-8,10,13H,9,11,21H2,1-3H3,(H,23,24). The first-order valence-corrected chi connectivity index (χ1v) is 8.76. The van der Waals surface area contributed by atoms with Crippen LogP contribution < -0.4 is 20.5 Å². The minimum atomic E-state index is -0.949. The third-order valence-electron chi connectivity index (χ3n) is 5.08. The molecule has 2 aliphatic rings. The summed E-state index contributed by atoms with van der Waals surface area (Å²) in [5.41, 5.74) is 6.77. The van der Waals surface area contributed by atoms with Crippen LogP contribution in [-0.4, -0.2) is 23.0 Å². The molecule has 0 saturated heterocycles. The summed E-state index contributed by atoms with van der Waals surface area (Å²) in [6.07, 6.45) is 2.68. The third kappa shape index (κ3) is 3.01. The molecule has 0 bridgehead atoms. The van der Waals surface area contributed by atoms with Gasteiger partial charge in [0.1, 0.15) is 11.5 Å². The first kappa shape index (κ1) is 16.8. The van der Waals surface area contributed by atoms with Crippen molar-refractivity contribution in [1.82, 2.24) is 4.98 Å². The first-order chi connectivity index (χ1) is 12.3. The summed E-state index contributed by atoms with van der Waals surface area (Å²) in [6.45, 7) is 6.31. The van der Waals surface area contributed by atoms with E-state index in [2.05, 4.69) is 17.2 Å². The summed E-state index contributed by atoms with van der Waals surface area (Å²) < 4.78 is 11.9. The Kier molecular flexibility index (Phi) is 3.70. The van der Waals surface area contributed by atoms with Crippen LogP contribution in [0.3, 0.4) is 0 Å². The number of benzene rings is 1. The lowest BCUT2D eigenvalue weighted by atomic mass is 9.97. The lowest BCUT2D eigenvalue weighted by Crippen LogP contribution is -2.45. The van der Waals surface area contributed by atoms with E-state index in [-0.39, 0.29) is 11.3 Å². The molecule has 1 aliphatic heterocycles. The highest BCUT2D eigenvalue weighted by atomic mass is 16.5. The highest BCUT2D eigenvalue weighted by Gasteiger charge is 2.56. The number of carbonyl (C=O) groups is 1. The second kappa shape index (κ2) is 5.71. The molecule has 1 aromatic carbocycles. The molecular formula is C20H23N3O3. The van der Waals surface area contributed by atoms with Gasteiger partial charge in [-0.3, -0.25) is 4.79 Å². The monoisotopic (exact) mass is 353 g/mol. The van der Waals surface area contributed by atoms with Crippen molar-refractivity contribution >= 4 is 11.6 Å². The summed E-state index contributed by atoms with van der Waals surface area (Å²) in [7, 11) is 0. The number of rotatable bonds is 4. The van der Waals surface area contributed by atoms with Gasteiger partial charge in [0.15, 0.2) is 0 Å². The van der Waals surface area contributed by atoms with E-state index in [1.54, 1.807) is 32.2 Å². The van der Waals surface area contributed by atoms with Gasteiger partial charge in [0.2, 0.25) is 11.8 Å². The van der Waals surface area contributed by atoms with E-state index in [0.717, 1.165) is 30.1 Å². The van der Waals surface area contributed by atoms with Crippen LogP contribution in [0.2, 0.25) is 0 Å². The Bertz CT molecular complexity index is 858. The molecule has 2 unspecified atom stereocenters. The highest BCUT2D eigenvalue weighted by Crippen LogP contribution is 2.65. The van der Waals surface area contributed by atoms with Gasteiger partial charge in [-0.05, 0) is 38.5 Å². The molecule has 1 aliphatic carbocycles. The number of nitrogens with zero attached hydrogens (tertiary/aromatic N) is 1. The zero-order valence-corrected chi connectivity index (χ0v) is 15.2. The van der Waals surface area contributed by atoms with E-state index in [4.69, 9.17) is 15.2 Å². The summed E-state index contributed by atoms with van der Waals surface area (Å²) >= 11 is 0. The number of nitrogens with one attached hydrogen (secondary N) is 1. The molecule has 6 heteroatoms. The third-order valence-corrected chi connectivity index (χ3v) is 5.08. The first-order valence-electron chi connectivity index (χ1n) is 8.76. The molecule has 1 fully saturated rings. The molecule has 4 rings (SSSR count). The predicted octanol–water partition coefficient (Wildman–Crippen LogP) is 3.44. The topological polar surface area (TPSA) is 86.5 Å². The minimum Gasteiger partial charge on any atom is -0.493 e. The molecule has 1 saturated carbocycles.